The lowest BCUT2D eigenvalue weighted by molar-refractivity contribution is -0.935. The molecule has 3 fully saturated rings. The minimum Gasteiger partial charge on any atom is -0.317 e. The van der Waals surface area contributed by atoms with E-state index in [0.717, 1.165) is 10.4 Å². The summed E-state index contributed by atoms with van der Waals surface area (Å²) in [6.45, 7) is 4.25. The molecular formula is C14H19N2O+. The molecule has 3 aliphatic heterocycles. The molecule has 2 bridgehead atoms. The van der Waals surface area contributed by atoms with Crippen molar-refractivity contribution in [3.63, 3.8) is 0 Å². The first-order valence-electron chi connectivity index (χ1n) is 6.57. The van der Waals surface area contributed by atoms with Crippen molar-refractivity contribution in [3.05, 3.63) is 30.1 Å². The molecule has 1 aromatic rings. The normalized spacial score (nSPS) is 31.4. The van der Waals surface area contributed by atoms with Crippen molar-refractivity contribution in [1.29, 1.82) is 0 Å². The van der Waals surface area contributed by atoms with Crippen LogP contribution in [-0.4, -0.2) is 41.4 Å². The number of nitrogens with zero attached hydrogens (tertiary/aromatic N) is 2. The van der Waals surface area contributed by atoms with Crippen LogP contribution < -0.4 is 0 Å². The number of carbonyl (C=O) groups is 1. The number of fused-ring (bicyclic) bond motifs is 3. The third-order valence-electron chi connectivity index (χ3n) is 4.46. The number of aromatic nitrogens is 1. The maximum absolute atomic E-state index is 12.2. The molecule has 90 valence electrons. The fraction of sp³-hybridized carbons (Fsp3) is 0.571. The molecule has 4 rings (SSSR count). The predicted octanol–water partition coefficient (Wildman–Crippen LogP) is 1.89. The molecule has 4 heterocycles. The molecule has 0 amide bonds. The van der Waals surface area contributed by atoms with E-state index in [1.807, 2.05) is 18.2 Å². The lowest BCUT2D eigenvalue weighted by atomic mass is 9.85. The summed E-state index contributed by atoms with van der Waals surface area (Å²) < 4.78 is 1.02. The maximum atomic E-state index is 12.2. The molecule has 17 heavy (non-hydrogen) atoms. The summed E-state index contributed by atoms with van der Waals surface area (Å²) in [5, 5.41) is 0. The standard InChI is InChI=1S/C14H19N2O/c17-14(13-3-1-2-7-15-13)11-16-8-4-12(5-9-16)6-10-16/h1-3,7,12H,4-6,8-11H2/q+1. The number of quaternary nitrogens is 1. The van der Waals surface area contributed by atoms with Crippen LogP contribution in [0.4, 0.5) is 0 Å². The molecule has 3 saturated heterocycles. The number of rotatable bonds is 3. The van der Waals surface area contributed by atoms with Gasteiger partial charge >= 0.3 is 0 Å². The fourth-order valence-corrected chi connectivity index (χ4v) is 3.29. The van der Waals surface area contributed by atoms with Gasteiger partial charge in [-0.25, -0.2) is 0 Å². The van der Waals surface area contributed by atoms with Crippen molar-refractivity contribution in [3.8, 4) is 0 Å². The van der Waals surface area contributed by atoms with Crippen LogP contribution in [-0.2, 0) is 0 Å². The summed E-state index contributed by atoms with van der Waals surface area (Å²) >= 11 is 0. The van der Waals surface area contributed by atoms with Crippen molar-refractivity contribution in [2.75, 3.05) is 26.2 Å². The zero-order valence-electron chi connectivity index (χ0n) is 10.1. The Morgan fingerprint density at radius 2 is 1.94 bits per heavy atom. The summed E-state index contributed by atoms with van der Waals surface area (Å²) in [4.78, 5) is 16.4. The third-order valence-corrected chi connectivity index (χ3v) is 4.46. The molecule has 3 aliphatic rings. The fourth-order valence-electron chi connectivity index (χ4n) is 3.29. The highest BCUT2D eigenvalue weighted by atomic mass is 16.1. The Morgan fingerprint density at radius 1 is 1.24 bits per heavy atom. The Hall–Kier alpha value is -1.22. The van der Waals surface area contributed by atoms with Gasteiger partial charge in [0.25, 0.3) is 0 Å². The van der Waals surface area contributed by atoms with E-state index in [9.17, 15) is 4.79 Å². The molecule has 3 heteroatoms. The van der Waals surface area contributed by atoms with Crippen LogP contribution in [0.1, 0.15) is 29.8 Å². The van der Waals surface area contributed by atoms with Gasteiger partial charge in [0.1, 0.15) is 12.2 Å². The summed E-state index contributed by atoms with van der Waals surface area (Å²) in [5.74, 6) is 1.16. The van der Waals surface area contributed by atoms with E-state index in [-0.39, 0.29) is 5.78 Å². The Balaban J connectivity index is 1.72. The van der Waals surface area contributed by atoms with Gasteiger partial charge in [0.2, 0.25) is 5.78 Å². The third kappa shape index (κ3) is 2.12. The molecule has 0 unspecified atom stereocenters. The van der Waals surface area contributed by atoms with Gasteiger partial charge in [-0.3, -0.25) is 9.78 Å². The Morgan fingerprint density at radius 3 is 2.53 bits per heavy atom. The molecule has 0 spiro atoms. The highest BCUT2D eigenvalue weighted by Gasteiger charge is 2.41. The molecule has 0 radical (unpaired) electrons. The van der Waals surface area contributed by atoms with E-state index in [1.54, 1.807) is 6.20 Å². The molecular weight excluding hydrogens is 212 g/mol. The monoisotopic (exact) mass is 231 g/mol. The van der Waals surface area contributed by atoms with Gasteiger partial charge in [0.05, 0.1) is 19.6 Å². The van der Waals surface area contributed by atoms with Gasteiger partial charge in [0, 0.05) is 6.20 Å². The largest absolute Gasteiger partial charge is 0.317 e. The summed E-state index contributed by atoms with van der Waals surface area (Å²) in [6, 6.07) is 5.58. The van der Waals surface area contributed by atoms with E-state index >= 15 is 0 Å². The second kappa shape index (κ2) is 4.22. The van der Waals surface area contributed by atoms with Crippen LogP contribution in [0.5, 0.6) is 0 Å². The first kappa shape index (κ1) is 10.9. The van der Waals surface area contributed by atoms with Gasteiger partial charge in [-0.05, 0) is 37.3 Å². The van der Waals surface area contributed by atoms with E-state index in [2.05, 4.69) is 4.98 Å². The minimum atomic E-state index is 0.214. The van der Waals surface area contributed by atoms with Crippen molar-refractivity contribution in [1.82, 2.24) is 4.98 Å². The second-order valence-electron chi connectivity index (χ2n) is 5.54. The van der Waals surface area contributed by atoms with Gasteiger partial charge in [-0.15, -0.1) is 0 Å². The van der Waals surface area contributed by atoms with Crippen molar-refractivity contribution < 1.29 is 9.28 Å². The average Bonchev–Trinajstić information content (AvgIpc) is 2.41. The quantitative estimate of drug-likeness (QED) is 0.587. The molecule has 0 atom stereocenters. The van der Waals surface area contributed by atoms with Gasteiger partial charge in [-0.1, -0.05) is 6.07 Å². The first-order valence-corrected chi connectivity index (χ1v) is 6.57. The van der Waals surface area contributed by atoms with Crippen LogP contribution in [0.15, 0.2) is 24.4 Å². The van der Waals surface area contributed by atoms with Crippen LogP contribution in [0.25, 0.3) is 0 Å². The van der Waals surface area contributed by atoms with E-state index in [4.69, 9.17) is 0 Å². The zero-order chi connectivity index (χ0) is 11.7. The molecule has 1 aromatic heterocycles. The zero-order valence-corrected chi connectivity index (χ0v) is 10.1. The minimum absolute atomic E-state index is 0.214. The van der Waals surface area contributed by atoms with Crippen molar-refractivity contribution in [2.24, 2.45) is 5.92 Å². The molecule has 3 nitrogen and oxygen atoms in total. The van der Waals surface area contributed by atoms with Gasteiger partial charge in [0.15, 0.2) is 0 Å². The smallest absolute Gasteiger partial charge is 0.235 e. The number of piperidine rings is 3. The lowest BCUT2D eigenvalue weighted by Crippen LogP contribution is -2.60. The number of hydrogen-bond donors (Lipinski definition) is 0. The van der Waals surface area contributed by atoms with Crippen LogP contribution in [0.2, 0.25) is 0 Å². The topological polar surface area (TPSA) is 30.0 Å². The maximum Gasteiger partial charge on any atom is 0.235 e. The number of Topliss-reactive ketones (excluding diaryl/α,β-unsaturated/α-hetero) is 1. The number of ketones is 1. The van der Waals surface area contributed by atoms with Crippen molar-refractivity contribution >= 4 is 5.78 Å². The average molecular weight is 231 g/mol. The molecule has 0 N–H and O–H groups in total. The summed E-state index contributed by atoms with van der Waals surface area (Å²) in [7, 11) is 0. The summed E-state index contributed by atoms with van der Waals surface area (Å²) in [6.07, 6.45) is 5.65. The highest BCUT2D eigenvalue weighted by Crippen LogP contribution is 2.33. The first-order chi connectivity index (χ1) is 8.27. The summed E-state index contributed by atoms with van der Waals surface area (Å²) in [5.41, 5.74) is 0.632. The molecule has 0 aromatic carbocycles. The predicted molar refractivity (Wildman–Crippen MR) is 65.6 cm³/mol. The number of carbonyl (C=O) groups excluding carboxylic acids is 1. The van der Waals surface area contributed by atoms with E-state index in [1.165, 1.54) is 38.9 Å². The van der Waals surface area contributed by atoms with Gasteiger partial charge in [-0.2, -0.15) is 0 Å². The number of pyridine rings is 1. The second-order valence-corrected chi connectivity index (χ2v) is 5.54. The number of hydrogen-bond acceptors (Lipinski definition) is 2. The Labute approximate surface area is 102 Å². The van der Waals surface area contributed by atoms with E-state index in [0.29, 0.717) is 12.2 Å². The molecule has 0 saturated carbocycles. The lowest BCUT2D eigenvalue weighted by Gasteiger charge is -2.48. The van der Waals surface area contributed by atoms with Crippen molar-refractivity contribution in [2.45, 2.75) is 19.3 Å². The Bertz CT molecular complexity index is 394. The van der Waals surface area contributed by atoms with Crippen LogP contribution >= 0.6 is 0 Å². The Kier molecular flexibility index (Phi) is 2.71. The van der Waals surface area contributed by atoms with E-state index < -0.39 is 0 Å². The SMILES string of the molecule is O=C(C[N+]12CCC(CC1)CC2)c1ccccn1. The van der Waals surface area contributed by atoms with Crippen LogP contribution in [0, 0.1) is 5.92 Å². The molecule has 0 aliphatic carbocycles. The highest BCUT2D eigenvalue weighted by molar-refractivity contribution is 5.95. The van der Waals surface area contributed by atoms with Crippen LogP contribution in [0.3, 0.4) is 0 Å². The van der Waals surface area contributed by atoms with Gasteiger partial charge < -0.3 is 4.48 Å².